The summed E-state index contributed by atoms with van der Waals surface area (Å²) in [6, 6.07) is 15.0. The maximum atomic E-state index is 12.7. The molecule has 1 aliphatic rings. The van der Waals surface area contributed by atoms with E-state index < -0.39 is 0 Å². The average molecular weight is 371 g/mol. The summed E-state index contributed by atoms with van der Waals surface area (Å²) in [7, 11) is 0. The molecule has 0 atom stereocenters. The topological polar surface area (TPSA) is 90.5 Å². The molecule has 1 amide bonds. The first kappa shape index (κ1) is 16.4. The number of rotatable bonds is 4. The first-order valence-electron chi connectivity index (χ1n) is 9.07. The second-order valence-corrected chi connectivity index (χ2v) is 6.65. The molecule has 2 aromatic carbocycles. The lowest BCUT2D eigenvalue weighted by Crippen LogP contribution is -2.12. The number of nitrogens with zero attached hydrogens (tertiary/aromatic N) is 6. The van der Waals surface area contributed by atoms with E-state index in [4.69, 9.17) is 0 Å². The van der Waals surface area contributed by atoms with Crippen LogP contribution in [0.25, 0.3) is 16.9 Å². The zero-order chi connectivity index (χ0) is 18.9. The molecule has 4 aromatic rings. The van der Waals surface area contributed by atoms with Crippen molar-refractivity contribution in [3.05, 3.63) is 72.4 Å². The number of anilines is 1. The van der Waals surface area contributed by atoms with E-state index in [0.717, 1.165) is 47.8 Å². The number of benzene rings is 2. The van der Waals surface area contributed by atoms with E-state index in [9.17, 15) is 4.79 Å². The Bertz CT molecular complexity index is 1150. The number of imidazole rings is 1. The van der Waals surface area contributed by atoms with Gasteiger partial charge in [0, 0.05) is 29.8 Å². The Morgan fingerprint density at radius 1 is 1.11 bits per heavy atom. The second-order valence-electron chi connectivity index (χ2n) is 6.65. The molecule has 3 heterocycles. The minimum absolute atomic E-state index is 0.189. The molecule has 0 bridgehead atoms. The fourth-order valence-electron chi connectivity index (χ4n) is 3.52. The Morgan fingerprint density at radius 2 is 2.04 bits per heavy atom. The summed E-state index contributed by atoms with van der Waals surface area (Å²) in [6.45, 7) is 0.991. The fourth-order valence-corrected chi connectivity index (χ4v) is 3.52. The number of carbonyl (C=O) groups excluding carboxylic acids is 1. The predicted octanol–water partition coefficient (Wildman–Crippen LogP) is 2.72. The predicted molar refractivity (Wildman–Crippen MR) is 103 cm³/mol. The van der Waals surface area contributed by atoms with Gasteiger partial charge < -0.3 is 9.88 Å². The van der Waals surface area contributed by atoms with E-state index in [-0.39, 0.29) is 5.91 Å². The highest BCUT2D eigenvalue weighted by Crippen LogP contribution is 2.27. The van der Waals surface area contributed by atoms with Crippen LogP contribution >= 0.6 is 0 Å². The molecule has 0 fully saturated rings. The molecule has 0 spiro atoms. The summed E-state index contributed by atoms with van der Waals surface area (Å²) in [6.07, 6.45) is 5.55. The van der Waals surface area contributed by atoms with Crippen LogP contribution in [0.5, 0.6) is 0 Å². The average Bonchev–Trinajstić information content (AvgIpc) is 3.46. The SMILES string of the molecule is O=C(Nc1cccc(-c2cnc3n2CCC3)c1)c1cccc(-n2cnnn2)c1. The van der Waals surface area contributed by atoms with E-state index >= 15 is 0 Å². The minimum Gasteiger partial charge on any atom is -0.328 e. The molecule has 8 heteroatoms. The van der Waals surface area contributed by atoms with Crippen molar-refractivity contribution in [2.75, 3.05) is 5.32 Å². The monoisotopic (exact) mass is 371 g/mol. The van der Waals surface area contributed by atoms with Crippen LogP contribution in [0, 0.1) is 0 Å². The van der Waals surface area contributed by atoms with Gasteiger partial charge in [-0.1, -0.05) is 18.2 Å². The van der Waals surface area contributed by atoms with E-state index in [1.165, 1.54) is 11.0 Å². The van der Waals surface area contributed by atoms with Crippen molar-refractivity contribution in [1.82, 2.24) is 29.8 Å². The van der Waals surface area contributed by atoms with E-state index in [2.05, 4.69) is 30.4 Å². The van der Waals surface area contributed by atoms with Gasteiger partial charge >= 0.3 is 0 Å². The van der Waals surface area contributed by atoms with Gasteiger partial charge in [-0.05, 0) is 47.2 Å². The van der Waals surface area contributed by atoms with Crippen LogP contribution in [-0.2, 0) is 13.0 Å². The molecule has 5 rings (SSSR count). The van der Waals surface area contributed by atoms with Crippen molar-refractivity contribution in [1.29, 1.82) is 0 Å². The van der Waals surface area contributed by atoms with Gasteiger partial charge in [-0.2, -0.15) is 0 Å². The molecule has 0 unspecified atom stereocenters. The summed E-state index contributed by atoms with van der Waals surface area (Å²) in [5.41, 5.74) is 4.12. The molecule has 8 nitrogen and oxygen atoms in total. The number of aryl methyl sites for hydroxylation is 1. The molecule has 0 saturated carbocycles. The molecule has 0 radical (unpaired) electrons. The summed E-state index contributed by atoms with van der Waals surface area (Å²) in [4.78, 5) is 17.2. The molecule has 1 N–H and O–H groups in total. The standard InChI is InChI=1S/C20H17N7O/c28-20(15-5-2-7-17(11-15)27-13-22-24-25-27)23-16-6-1-4-14(10-16)18-12-21-19-8-3-9-26(18)19/h1-2,4-7,10-13H,3,8-9H2,(H,23,28). The maximum Gasteiger partial charge on any atom is 0.255 e. The van der Waals surface area contributed by atoms with Gasteiger partial charge in [-0.3, -0.25) is 4.79 Å². The lowest BCUT2D eigenvalue weighted by Gasteiger charge is -2.10. The van der Waals surface area contributed by atoms with Gasteiger partial charge in [0.25, 0.3) is 5.91 Å². The van der Waals surface area contributed by atoms with Crippen LogP contribution in [0.2, 0.25) is 0 Å². The Balaban J connectivity index is 1.39. The van der Waals surface area contributed by atoms with Crippen molar-refractivity contribution in [2.24, 2.45) is 0 Å². The molecular weight excluding hydrogens is 354 g/mol. The van der Waals surface area contributed by atoms with Crippen LogP contribution in [0.3, 0.4) is 0 Å². The van der Waals surface area contributed by atoms with E-state index in [1.807, 2.05) is 36.5 Å². The zero-order valence-electron chi connectivity index (χ0n) is 15.0. The summed E-state index contributed by atoms with van der Waals surface area (Å²) < 4.78 is 3.76. The van der Waals surface area contributed by atoms with E-state index in [1.54, 1.807) is 18.2 Å². The van der Waals surface area contributed by atoms with Crippen molar-refractivity contribution in [3.63, 3.8) is 0 Å². The largest absolute Gasteiger partial charge is 0.328 e. The smallest absolute Gasteiger partial charge is 0.255 e. The normalized spacial score (nSPS) is 12.7. The molecular formula is C20H17N7O. The third-order valence-electron chi connectivity index (χ3n) is 4.86. The van der Waals surface area contributed by atoms with Crippen LogP contribution in [-0.4, -0.2) is 35.7 Å². The minimum atomic E-state index is -0.189. The number of tetrazole rings is 1. The van der Waals surface area contributed by atoms with Gasteiger partial charge in [0.1, 0.15) is 12.2 Å². The summed E-state index contributed by atoms with van der Waals surface area (Å²) >= 11 is 0. The molecule has 1 aliphatic heterocycles. The molecule has 2 aromatic heterocycles. The number of carbonyl (C=O) groups is 1. The second kappa shape index (κ2) is 6.73. The number of amides is 1. The van der Waals surface area contributed by atoms with Crippen LogP contribution in [0.4, 0.5) is 5.69 Å². The highest BCUT2D eigenvalue weighted by Gasteiger charge is 2.17. The van der Waals surface area contributed by atoms with Crippen molar-refractivity contribution in [3.8, 4) is 16.9 Å². The Hall–Kier alpha value is -3.81. The number of nitrogens with one attached hydrogen (secondary N) is 1. The maximum absolute atomic E-state index is 12.7. The number of aromatic nitrogens is 6. The van der Waals surface area contributed by atoms with Gasteiger partial charge in [-0.25, -0.2) is 9.67 Å². The third kappa shape index (κ3) is 2.94. The van der Waals surface area contributed by atoms with Crippen molar-refractivity contribution < 1.29 is 4.79 Å². The van der Waals surface area contributed by atoms with Crippen LogP contribution in [0.15, 0.2) is 61.1 Å². The van der Waals surface area contributed by atoms with E-state index in [0.29, 0.717) is 5.56 Å². The lowest BCUT2D eigenvalue weighted by atomic mass is 10.1. The fraction of sp³-hybridized carbons (Fsp3) is 0.150. The highest BCUT2D eigenvalue weighted by molar-refractivity contribution is 6.04. The Kier molecular flexibility index (Phi) is 3.93. The van der Waals surface area contributed by atoms with Crippen molar-refractivity contribution in [2.45, 2.75) is 19.4 Å². The highest BCUT2D eigenvalue weighted by atomic mass is 16.1. The van der Waals surface area contributed by atoms with Gasteiger partial charge in [0.15, 0.2) is 0 Å². The van der Waals surface area contributed by atoms with Gasteiger partial charge in [0.05, 0.1) is 17.6 Å². The Morgan fingerprint density at radius 3 is 2.93 bits per heavy atom. The van der Waals surface area contributed by atoms with Crippen LogP contribution in [0.1, 0.15) is 22.6 Å². The molecule has 138 valence electrons. The van der Waals surface area contributed by atoms with Crippen molar-refractivity contribution >= 4 is 11.6 Å². The molecule has 0 saturated heterocycles. The summed E-state index contributed by atoms with van der Waals surface area (Å²) in [5.74, 6) is 0.939. The Labute approximate surface area is 160 Å². The molecule has 0 aliphatic carbocycles. The number of hydrogen-bond donors (Lipinski definition) is 1. The first-order chi connectivity index (χ1) is 13.8. The summed E-state index contributed by atoms with van der Waals surface area (Å²) in [5, 5.41) is 14.1. The number of hydrogen-bond acceptors (Lipinski definition) is 5. The number of fused-ring (bicyclic) bond motifs is 1. The third-order valence-corrected chi connectivity index (χ3v) is 4.86. The van der Waals surface area contributed by atoms with Gasteiger partial charge in [0.2, 0.25) is 0 Å². The molecule has 28 heavy (non-hydrogen) atoms. The quantitative estimate of drug-likeness (QED) is 0.596. The lowest BCUT2D eigenvalue weighted by molar-refractivity contribution is 0.102. The van der Waals surface area contributed by atoms with Crippen LogP contribution < -0.4 is 5.32 Å². The zero-order valence-corrected chi connectivity index (χ0v) is 15.0. The van der Waals surface area contributed by atoms with Gasteiger partial charge in [-0.15, -0.1) is 5.10 Å². The first-order valence-corrected chi connectivity index (χ1v) is 9.07.